The summed E-state index contributed by atoms with van der Waals surface area (Å²) in [5.74, 6) is -0.916. The van der Waals surface area contributed by atoms with Gasteiger partial charge in [0.15, 0.2) is 0 Å². The molecule has 0 spiro atoms. The van der Waals surface area contributed by atoms with Gasteiger partial charge in [-0.25, -0.2) is 0 Å². The zero-order valence-electron chi connectivity index (χ0n) is 23.2. The van der Waals surface area contributed by atoms with E-state index in [9.17, 15) is 14.4 Å². The van der Waals surface area contributed by atoms with Gasteiger partial charge in [-0.15, -0.1) is 0 Å². The largest absolute Gasteiger partial charge is 0.352 e. The summed E-state index contributed by atoms with van der Waals surface area (Å²) in [5, 5.41) is 12.4. The molecule has 208 valence electrons. The lowest BCUT2D eigenvalue weighted by molar-refractivity contribution is -0.134. The molecule has 0 radical (unpaired) electrons. The number of piperidine rings is 2. The lowest BCUT2D eigenvalue weighted by Crippen LogP contribution is -2.53. The molecule has 2 aromatic carbocycles. The van der Waals surface area contributed by atoms with E-state index < -0.39 is 11.9 Å². The number of hydrogen-bond acceptors (Lipinski definition) is 6. The molecule has 2 saturated heterocycles. The van der Waals surface area contributed by atoms with Crippen molar-refractivity contribution in [3.63, 3.8) is 0 Å². The minimum Gasteiger partial charge on any atom is -0.352 e. The van der Waals surface area contributed by atoms with Gasteiger partial charge >= 0.3 is 0 Å². The van der Waals surface area contributed by atoms with Gasteiger partial charge in [-0.2, -0.15) is 5.10 Å². The number of rotatable bonds is 6. The highest BCUT2D eigenvalue weighted by Crippen LogP contribution is 2.44. The molecule has 0 bridgehead atoms. The molecule has 7 rings (SSSR count). The van der Waals surface area contributed by atoms with E-state index in [2.05, 4.69) is 40.3 Å². The van der Waals surface area contributed by atoms with Crippen LogP contribution in [0.4, 0.5) is 17.1 Å². The van der Waals surface area contributed by atoms with E-state index in [4.69, 9.17) is 5.10 Å². The van der Waals surface area contributed by atoms with Gasteiger partial charge in [-0.05, 0) is 62.6 Å². The summed E-state index contributed by atoms with van der Waals surface area (Å²) in [5.41, 5.74) is 3.56. The van der Waals surface area contributed by atoms with Crippen molar-refractivity contribution in [3.8, 4) is 0 Å². The first-order chi connectivity index (χ1) is 19.2. The Morgan fingerprint density at radius 2 is 1.85 bits per heavy atom. The van der Waals surface area contributed by atoms with E-state index in [1.54, 1.807) is 11.0 Å². The molecule has 4 aliphatic rings. The third-order valence-electron chi connectivity index (χ3n) is 9.76. The van der Waals surface area contributed by atoms with E-state index in [1.165, 1.54) is 25.8 Å². The third kappa shape index (κ3) is 4.10. The number of anilines is 3. The van der Waals surface area contributed by atoms with Crippen molar-refractivity contribution in [2.75, 3.05) is 29.9 Å². The number of nitrogens with zero attached hydrogens (tertiary/aromatic N) is 4. The predicted molar refractivity (Wildman–Crippen MR) is 154 cm³/mol. The molecule has 9 nitrogen and oxygen atoms in total. The maximum Gasteiger partial charge on any atom is 0.259 e. The van der Waals surface area contributed by atoms with E-state index in [0.29, 0.717) is 23.1 Å². The number of carbonyl (C=O) groups is 3. The van der Waals surface area contributed by atoms with Crippen LogP contribution in [-0.4, -0.2) is 58.1 Å². The highest BCUT2D eigenvalue weighted by molar-refractivity contribution is 6.28. The fourth-order valence-electron chi connectivity index (χ4n) is 7.09. The van der Waals surface area contributed by atoms with E-state index in [1.807, 2.05) is 30.5 Å². The van der Waals surface area contributed by atoms with Crippen molar-refractivity contribution in [1.29, 1.82) is 0 Å². The van der Waals surface area contributed by atoms with Crippen molar-refractivity contribution in [1.82, 2.24) is 20.0 Å². The van der Waals surface area contributed by atoms with Gasteiger partial charge in [-0.1, -0.05) is 25.5 Å². The molecule has 3 aliphatic heterocycles. The van der Waals surface area contributed by atoms with Crippen molar-refractivity contribution in [2.24, 2.45) is 5.41 Å². The van der Waals surface area contributed by atoms with Crippen LogP contribution in [0.3, 0.4) is 0 Å². The van der Waals surface area contributed by atoms with Gasteiger partial charge in [0.2, 0.25) is 11.8 Å². The summed E-state index contributed by atoms with van der Waals surface area (Å²) in [6, 6.07) is 8.84. The lowest BCUT2D eigenvalue weighted by atomic mass is 9.70. The van der Waals surface area contributed by atoms with Crippen LogP contribution >= 0.6 is 0 Å². The minimum atomic E-state index is -0.693. The zero-order chi connectivity index (χ0) is 27.6. The number of likely N-dealkylation sites (tertiary alicyclic amines) is 1. The second-order valence-corrected chi connectivity index (χ2v) is 12.7. The molecular formula is C31H36N6O3. The second-order valence-electron chi connectivity index (χ2n) is 12.7. The molecule has 1 aliphatic carbocycles. The molecule has 3 aromatic rings. The van der Waals surface area contributed by atoms with Crippen molar-refractivity contribution in [2.45, 2.75) is 70.4 Å². The van der Waals surface area contributed by atoms with Crippen LogP contribution in [0.5, 0.6) is 0 Å². The number of carbonyl (C=O) groups excluding carboxylic acids is 3. The van der Waals surface area contributed by atoms with E-state index >= 15 is 0 Å². The Labute approximate surface area is 233 Å². The van der Waals surface area contributed by atoms with Crippen molar-refractivity contribution >= 4 is 45.6 Å². The summed E-state index contributed by atoms with van der Waals surface area (Å²) in [7, 11) is 0. The molecule has 1 unspecified atom stereocenters. The predicted octanol–water partition coefficient (Wildman–Crippen LogP) is 4.55. The van der Waals surface area contributed by atoms with Gasteiger partial charge in [0.1, 0.15) is 6.04 Å². The lowest BCUT2D eigenvalue weighted by Gasteiger charge is -2.46. The molecule has 4 heterocycles. The summed E-state index contributed by atoms with van der Waals surface area (Å²) in [4.78, 5) is 41.9. The first-order valence-electron chi connectivity index (χ1n) is 14.5. The van der Waals surface area contributed by atoms with Gasteiger partial charge in [0.25, 0.3) is 5.91 Å². The molecule has 3 fully saturated rings. The van der Waals surface area contributed by atoms with Gasteiger partial charge in [-0.3, -0.25) is 29.3 Å². The number of aromatic nitrogens is 2. The summed E-state index contributed by atoms with van der Waals surface area (Å²) in [6.07, 6.45) is 10.7. The third-order valence-corrected chi connectivity index (χ3v) is 9.76. The van der Waals surface area contributed by atoms with Gasteiger partial charge in [0.05, 0.1) is 23.1 Å². The zero-order valence-corrected chi connectivity index (χ0v) is 23.2. The summed E-state index contributed by atoms with van der Waals surface area (Å²) >= 11 is 0. The fraction of sp³-hybridized carbons (Fsp3) is 0.484. The molecule has 1 atom stereocenters. The Kier molecular flexibility index (Phi) is 5.78. The van der Waals surface area contributed by atoms with Crippen LogP contribution in [0.1, 0.15) is 69.2 Å². The number of imide groups is 1. The highest BCUT2D eigenvalue weighted by Gasteiger charge is 2.41. The number of nitrogens with one attached hydrogen (secondary N) is 2. The molecular weight excluding hydrogens is 504 g/mol. The maximum absolute atomic E-state index is 13.4. The van der Waals surface area contributed by atoms with Crippen LogP contribution in [0.15, 0.2) is 42.7 Å². The first kappa shape index (κ1) is 25.3. The SMILES string of the molecule is CC1(CN2CCC(C)(n3cc(Nc4ccc5c6c(cccc46)C(=O)N5C4CCC(=O)NC4=O)cn3)CC2)CCC1. The fourth-order valence-corrected chi connectivity index (χ4v) is 7.09. The maximum atomic E-state index is 13.4. The van der Waals surface area contributed by atoms with Crippen LogP contribution in [0.25, 0.3) is 10.8 Å². The first-order valence-corrected chi connectivity index (χ1v) is 14.5. The molecule has 1 aromatic heterocycles. The average molecular weight is 541 g/mol. The Hall–Kier alpha value is -3.72. The van der Waals surface area contributed by atoms with E-state index in [0.717, 1.165) is 48.1 Å². The number of benzene rings is 2. The standard InChI is InChI=1S/C31H36N6O3/c1-30(11-4-12-30)19-35-15-13-31(2,14-16-35)36-18-20(17-32-36)33-23-7-8-24-27-21(23)5-3-6-22(27)29(40)37(24)25-9-10-26(38)34-28(25)39/h3,5-8,17-18,25,33H,4,9-16,19H2,1-2H3,(H,34,38,39). The van der Waals surface area contributed by atoms with E-state index in [-0.39, 0.29) is 23.8 Å². The second kappa shape index (κ2) is 9.16. The molecule has 1 saturated carbocycles. The topological polar surface area (TPSA) is 99.6 Å². The summed E-state index contributed by atoms with van der Waals surface area (Å²) < 4.78 is 2.12. The van der Waals surface area contributed by atoms with Crippen LogP contribution in [0.2, 0.25) is 0 Å². The van der Waals surface area contributed by atoms with Crippen LogP contribution in [0, 0.1) is 5.41 Å². The Balaban J connectivity index is 1.11. The molecule has 9 heteroatoms. The van der Waals surface area contributed by atoms with Crippen molar-refractivity contribution < 1.29 is 14.4 Å². The quantitative estimate of drug-likeness (QED) is 0.445. The minimum absolute atomic E-state index is 0.0200. The van der Waals surface area contributed by atoms with Crippen LogP contribution in [-0.2, 0) is 15.1 Å². The van der Waals surface area contributed by atoms with Gasteiger partial charge in [0, 0.05) is 54.3 Å². The average Bonchev–Trinajstić information content (AvgIpc) is 3.51. The Morgan fingerprint density at radius 3 is 2.58 bits per heavy atom. The highest BCUT2D eigenvalue weighted by atomic mass is 16.2. The molecule has 3 amide bonds. The smallest absolute Gasteiger partial charge is 0.259 e. The number of amides is 3. The van der Waals surface area contributed by atoms with Crippen LogP contribution < -0.4 is 15.5 Å². The molecule has 40 heavy (non-hydrogen) atoms. The molecule has 2 N–H and O–H groups in total. The van der Waals surface area contributed by atoms with Crippen molar-refractivity contribution in [3.05, 3.63) is 48.3 Å². The Bertz CT molecular complexity index is 1530. The monoisotopic (exact) mass is 540 g/mol. The number of hydrogen-bond donors (Lipinski definition) is 2. The van der Waals surface area contributed by atoms with Gasteiger partial charge < -0.3 is 10.2 Å². The summed E-state index contributed by atoms with van der Waals surface area (Å²) in [6.45, 7) is 8.14. The Morgan fingerprint density at radius 1 is 1.05 bits per heavy atom. The normalized spacial score (nSPS) is 23.8.